The fraction of sp³-hybridized carbons (Fsp3) is 0.722. The number of rotatable bonds is 4. The van der Waals surface area contributed by atoms with E-state index >= 15 is 0 Å². The van der Waals surface area contributed by atoms with Gasteiger partial charge in [-0.15, -0.1) is 11.8 Å². The van der Waals surface area contributed by atoms with Crippen molar-refractivity contribution in [1.29, 1.82) is 0 Å². The number of pyridine rings is 1. The molecule has 1 aromatic heterocycles. The van der Waals surface area contributed by atoms with Crippen LogP contribution < -0.4 is 0 Å². The largest absolute Gasteiger partial charge is 0.294 e. The normalized spacial score (nSPS) is 24.8. The van der Waals surface area contributed by atoms with Crippen LogP contribution in [0.2, 0.25) is 0 Å². The van der Waals surface area contributed by atoms with Gasteiger partial charge in [-0.1, -0.05) is 25.3 Å². The zero-order valence-electron chi connectivity index (χ0n) is 13.4. The maximum atomic E-state index is 4.75. The van der Waals surface area contributed by atoms with E-state index in [1.54, 1.807) is 0 Å². The highest BCUT2D eigenvalue weighted by atomic mass is 32.2. The van der Waals surface area contributed by atoms with Gasteiger partial charge in [0, 0.05) is 23.5 Å². The van der Waals surface area contributed by atoms with E-state index in [9.17, 15) is 0 Å². The summed E-state index contributed by atoms with van der Waals surface area (Å²) in [6.45, 7) is 5.85. The van der Waals surface area contributed by atoms with Crippen molar-refractivity contribution in [2.24, 2.45) is 0 Å². The van der Waals surface area contributed by atoms with Crippen LogP contribution >= 0.6 is 11.8 Å². The monoisotopic (exact) mass is 304 g/mol. The lowest BCUT2D eigenvalue weighted by Gasteiger charge is -2.28. The second-order valence-corrected chi connectivity index (χ2v) is 8.12. The maximum Gasteiger partial charge on any atom is 0.0962 e. The molecule has 2 nitrogen and oxygen atoms in total. The number of hydrogen-bond acceptors (Lipinski definition) is 3. The molecule has 2 heterocycles. The van der Waals surface area contributed by atoms with Gasteiger partial charge < -0.3 is 0 Å². The van der Waals surface area contributed by atoms with Crippen molar-refractivity contribution in [2.75, 3.05) is 6.54 Å². The molecular formula is C18H28N2S. The molecule has 0 N–H and O–H groups in total. The third kappa shape index (κ3) is 3.81. The Kier molecular flexibility index (Phi) is 5.23. The molecule has 1 atom stereocenters. The predicted molar refractivity (Wildman–Crippen MR) is 90.8 cm³/mol. The van der Waals surface area contributed by atoms with E-state index in [1.807, 2.05) is 11.8 Å². The Morgan fingerprint density at radius 1 is 1.10 bits per heavy atom. The molecule has 1 aliphatic carbocycles. The quantitative estimate of drug-likeness (QED) is 0.774. The Morgan fingerprint density at radius 2 is 1.90 bits per heavy atom. The summed E-state index contributed by atoms with van der Waals surface area (Å²) in [5.41, 5.74) is 1.41. The smallest absolute Gasteiger partial charge is 0.0962 e. The topological polar surface area (TPSA) is 16.1 Å². The van der Waals surface area contributed by atoms with Crippen molar-refractivity contribution in [3.05, 3.63) is 23.9 Å². The standard InChI is InChI=1S/C18H28N2S/c1-14(2)20-12-6-9-17(20)15-10-11-18(19-13-15)21-16-7-4-3-5-8-16/h10-11,13-14,16-17H,3-9,12H2,1-2H3/t17-/m0/s1. The van der Waals surface area contributed by atoms with Gasteiger partial charge in [0.2, 0.25) is 0 Å². The van der Waals surface area contributed by atoms with Crippen LogP contribution in [0.25, 0.3) is 0 Å². The van der Waals surface area contributed by atoms with E-state index in [0.29, 0.717) is 12.1 Å². The Bertz CT molecular complexity index is 437. The van der Waals surface area contributed by atoms with Gasteiger partial charge in [0.05, 0.1) is 5.03 Å². The van der Waals surface area contributed by atoms with Gasteiger partial charge in [0.1, 0.15) is 0 Å². The SMILES string of the molecule is CC(C)N1CCC[C@H]1c1ccc(SC2CCCCC2)nc1. The molecule has 0 unspecified atom stereocenters. The Labute approximate surface area is 133 Å². The molecule has 0 bridgehead atoms. The third-order valence-corrected chi connectivity index (χ3v) is 6.23. The molecule has 1 saturated heterocycles. The first-order chi connectivity index (χ1) is 10.2. The summed E-state index contributed by atoms with van der Waals surface area (Å²) >= 11 is 2.00. The second-order valence-electron chi connectivity index (χ2n) is 6.80. The van der Waals surface area contributed by atoms with Crippen molar-refractivity contribution in [3.8, 4) is 0 Å². The zero-order valence-corrected chi connectivity index (χ0v) is 14.2. The summed E-state index contributed by atoms with van der Waals surface area (Å²) in [6.07, 6.45) is 11.7. The van der Waals surface area contributed by atoms with E-state index in [1.165, 1.54) is 62.1 Å². The van der Waals surface area contributed by atoms with Gasteiger partial charge in [0.15, 0.2) is 0 Å². The van der Waals surface area contributed by atoms with Crippen LogP contribution in [0, 0.1) is 0 Å². The summed E-state index contributed by atoms with van der Waals surface area (Å²) in [5, 5.41) is 2.02. The summed E-state index contributed by atoms with van der Waals surface area (Å²) in [5.74, 6) is 0. The van der Waals surface area contributed by atoms with Gasteiger partial charge in [-0.05, 0) is 57.7 Å². The van der Waals surface area contributed by atoms with Gasteiger partial charge >= 0.3 is 0 Å². The van der Waals surface area contributed by atoms with Gasteiger partial charge in [0.25, 0.3) is 0 Å². The van der Waals surface area contributed by atoms with Gasteiger partial charge in [-0.3, -0.25) is 4.90 Å². The molecule has 0 amide bonds. The van der Waals surface area contributed by atoms with Crippen LogP contribution in [0.15, 0.2) is 23.4 Å². The average Bonchev–Trinajstić information content (AvgIpc) is 2.99. The lowest BCUT2D eigenvalue weighted by Crippen LogP contribution is -2.30. The summed E-state index contributed by atoms with van der Waals surface area (Å²) in [4.78, 5) is 7.36. The molecule has 2 aliphatic rings. The van der Waals surface area contributed by atoms with Crippen molar-refractivity contribution in [3.63, 3.8) is 0 Å². The minimum Gasteiger partial charge on any atom is -0.294 e. The van der Waals surface area contributed by atoms with Crippen LogP contribution in [0.5, 0.6) is 0 Å². The number of aromatic nitrogens is 1. The first-order valence-corrected chi connectivity index (χ1v) is 9.50. The molecule has 0 radical (unpaired) electrons. The van der Waals surface area contributed by atoms with Crippen molar-refractivity contribution in [2.45, 2.75) is 81.2 Å². The number of thioether (sulfide) groups is 1. The van der Waals surface area contributed by atoms with Gasteiger partial charge in [-0.25, -0.2) is 4.98 Å². The number of likely N-dealkylation sites (tertiary alicyclic amines) is 1. The Balaban J connectivity index is 1.63. The Morgan fingerprint density at radius 3 is 2.57 bits per heavy atom. The third-order valence-electron chi connectivity index (χ3n) is 4.94. The Hall–Kier alpha value is -0.540. The summed E-state index contributed by atoms with van der Waals surface area (Å²) in [7, 11) is 0. The van der Waals surface area contributed by atoms with E-state index in [-0.39, 0.29) is 0 Å². The van der Waals surface area contributed by atoms with Crippen molar-refractivity contribution in [1.82, 2.24) is 9.88 Å². The molecule has 0 spiro atoms. The van der Waals surface area contributed by atoms with E-state index in [2.05, 4.69) is 37.1 Å². The van der Waals surface area contributed by atoms with Crippen molar-refractivity contribution < 1.29 is 0 Å². The highest BCUT2D eigenvalue weighted by Crippen LogP contribution is 2.35. The maximum absolute atomic E-state index is 4.75. The predicted octanol–water partition coefficient (Wildman–Crippen LogP) is 5.05. The molecule has 1 aliphatic heterocycles. The van der Waals surface area contributed by atoms with E-state index in [0.717, 1.165) is 5.25 Å². The molecule has 21 heavy (non-hydrogen) atoms. The molecule has 1 aromatic rings. The lowest BCUT2D eigenvalue weighted by molar-refractivity contribution is 0.205. The number of nitrogens with zero attached hydrogens (tertiary/aromatic N) is 2. The molecule has 3 rings (SSSR count). The highest BCUT2D eigenvalue weighted by Gasteiger charge is 2.28. The van der Waals surface area contributed by atoms with Crippen LogP contribution in [-0.4, -0.2) is 27.7 Å². The first kappa shape index (κ1) is 15.4. The van der Waals surface area contributed by atoms with Crippen LogP contribution in [0.1, 0.15) is 70.4 Å². The fourth-order valence-electron chi connectivity index (χ4n) is 3.78. The molecule has 1 saturated carbocycles. The average molecular weight is 305 g/mol. The molecule has 0 aromatic carbocycles. The molecule has 3 heteroatoms. The van der Waals surface area contributed by atoms with Gasteiger partial charge in [-0.2, -0.15) is 0 Å². The fourth-order valence-corrected chi connectivity index (χ4v) is 4.95. The molecule has 2 fully saturated rings. The summed E-state index contributed by atoms with van der Waals surface area (Å²) < 4.78 is 0. The highest BCUT2D eigenvalue weighted by molar-refractivity contribution is 7.99. The van der Waals surface area contributed by atoms with E-state index in [4.69, 9.17) is 4.98 Å². The van der Waals surface area contributed by atoms with Crippen LogP contribution in [-0.2, 0) is 0 Å². The number of hydrogen-bond donors (Lipinski definition) is 0. The first-order valence-electron chi connectivity index (χ1n) is 8.62. The summed E-state index contributed by atoms with van der Waals surface area (Å²) in [6, 6.07) is 5.80. The minimum atomic E-state index is 0.589. The lowest BCUT2D eigenvalue weighted by atomic mass is 10.0. The minimum absolute atomic E-state index is 0.589. The van der Waals surface area contributed by atoms with Crippen molar-refractivity contribution >= 4 is 11.8 Å². The second kappa shape index (κ2) is 7.15. The molecular weight excluding hydrogens is 276 g/mol. The zero-order chi connectivity index (χ0) is 14.7. The van der Waals surface area contributed by atoms with E-state index < -0.39 is 0 Å². The van der Waals surface area contributed by atoms with Crippen LogP contribution in [0.4, 0.5) is 0 Å². The van der Waals surface area contributed by atoms with Crippen LogP contribution in [0.3, 0.4) is 0 Å². The molecule has 116 valence electrons.